The molecule has 0 radical (unpaired) electrons. The van der Waals surface area contributed by atoms with Crippen LogP contribution >= 0.6 is 0 Å². The predicted molar refractivity (Wildman–Crippen MR) is 89.0 cm³/mol. The lowest BCUT2D eigenvalue weighted by molar-refractivity contribution is -0.143. The number of methoxy groups -OCH3 is 1. The van der Waals surface area contributed by atoms with E-state index in [2.05, 4.69) is 12.1 Å². The number of carbonyl (C=O) groups is 2. The second kappa shape index (κ2) is 8.51. The Kier molecular flexibility index (Phi) is 6.39. The van der Waals surface area contributed by atoms with E-state index >= 15 is 0 Å². The van der Waals surface area contributed by atoms with Gasteiger partial charge in [-0.15, -0.1) is 0 Å². The molecule has 1 aromatic rings. The van der Waals surface area contributed by atoms with E-state index in [0.717, 1.165) is 36.8 Å². The van der Waals surface area contributed by atoms with Crippen molar-refractivity contribution in [2.75, 3.05) is 13.7 Å². The normalized spacial score (nSPS) is 15.3. The van der Waals surface area contributed by atoms with E-state index in [4.69, 9.17) is 9.47 Å². The fourth-order valence-electron chi connectivity index (χ4n) is 2.85. The van der Waals surface area contributed by atoms with Gasteiger partial charge in [-0.3, -0.25) is 9.59 Å². The van der Waals surface area contributed by atoms with Crippen LogP contribution in [-0.2, 0) is 25.5 Å². The molecule has 0 aliphatic heterocycles. The van der Waals surface area contributed by atoms with Gasteiger partial charge in [0.25, 0.3) is 0 Å². The van der Waals surface area contributed by atoms with Gasteiger partial charge >= 0.3 is 11.9 Å². The Morgan fingerprint density at radius 3 is 2.74 bits per heavy atom. The van der Waals surface area contributed by atoms with E-state index in [1.165, 1.54) is 12.7 Å². The van der Waals surface area contributed by atoms with Gasteiger partial charge in [-0.2, -0.15) is 0 Å². The molecule has 0 saturated carbocycles. The van der Waals surface area contributed by atoms with Crippen LogP contribution in [0.4, 0.5) is 0 Å². The number of carbonyl (C=O) groups excluding carboxylic acids is 2. The van der Waals surface area contributed by atoms with E-state index in [0.29, 0.717) is 13.0 Å². The van der Waals surface area contributed by atoms with Crippen molar-refractivity contribution in [1.29, 1.82) is 0 Å². The smallest absolute Gasteiger partial charge is 0.317 e. The minimum Gasteiger partial charge on any atom is -0.468 e. The predicted octanol–water partition coefficient (Wildman–Crippen LogP) is 3.64. The number of rotatable bonds is 8. The van der Waals surface area contributed by atoms with Crippen LogP contribution in [0.15, 0.2) is 24.3 Å². The lowest BCUT2D eigenvalue weighted by Gasteiger charge is -2.10. The van der Waals surface area contributed by atoms with E-state index < -0.39 is 0 Å². The first-order valence-electron chi connectivity index (χ1n) is 8.20. The maximum absolute atomic E-state index is 11.7. The Labute approximate surface area is 137 Å². The Morgan fingerprint density at radius 2 is 2.00 bits per heavy atom. The van der Waals surface area contributed by atoms with Crippen LogP contribution in [0.3, 0.4) is 0 Å². The highest BCUT2D eigenvalue weighted by Gasteiger charge is 2.24. The minimum atomic E-state index is -0.270. The number of benzene rings is 1. The van der Waals surface area contributed by atoms with Gasteiger partial charge in [0, 0.05) is 6.42 Å². The van der Waals surface area contributed by atoms with Crippen LogP contribution in [0.1, 0.15) is 55.2 Å². The Morgan fingerprint density at radius 1 is 1.17 bits per heavy atom. The first-order valence-corrected chi connectivity index (χ1v) is 8.20. The van der Waals surface area contributed by atoms with Crippen LogP contribution in [0.2, 0.25) is 0 Å². The summed E-state index contributed by atoms with van der Waals surface area (Å²) in [6.45, 7) is 2.28. The third-order valence-electron chi connectivity index (χ3n) is 4.06. The number of aryl methyl sites for hydroxylation is 1. The molecule has 4 heteroatoms. The summed E-state index contributed by atoms with van der Waals surface area (Å²) in [4.78, 5) is 22.9. The van der Waals surface area contributed by atoms with E-state index in [1.54, 1.807) is 0 Å². The molecule has 2 rings (SSSR count). The molecule has 0 heterocycles. The Balaban J connectivity index is 1.79. The number of unbranched alkanes of at least 4 members (excludes halogenated alkanes) is 2. The van der Waals surface area contributed by atoms with Gasteiger partial charge < -0.3 is 9.47 Å². The quantitative estimate of drug-likeness (QED) is 0.543. The molecule has 1 aromatic carbocycles. The topological polar surface area (TPSA) is 52.6 Å². The van der Waals surface area contributed by atoms with Crippen molar-refractivity contribution in [1.82, 2.24) is 0 Å². The van der Waals surface area contributed by atoms with Crippen molar-refractivity contribution < 1.29 is 19.1 Å². The average molecular weight is 316 g/mol. The molecular formula is C19H24O4. The fraction of sp³-hybridized carbons (Fsp3) is 0.474. The Bertz CT molecular complexity index is 589. The van der Waals surface area contributed by atoms with Crippen LogP contribution in [0.5, 0.6) is 0 Å². The highest BCUT2D eigenvalue weighted by Crippen LogP contribution is 2.31. The van der Waals surface area contributed by atoms with Crippen molar-refractivity contribution in [3.05, 3.63) is 41.0 Å². The van der Waals surface area contributed by atoms with E-state index in [9.17, 15) is 9.59 Å². The largest absolute Gasteiger partial charge is 0.468 e. The lowest BCUT2D eigenvalue weighted by Crippen LogP contribution is -2.10. The van der Waals surface area contributed by atoms with Gasteiger partial charge in [0.15, 0.2) is 0 Å². The number of ether oxygens (including phenoxy) is 2. The maximum atomic E-state index is 11.7. The maximum Gasteiger partial charge on any atom is 0.317 e. The summed E-state index contributed by atoms with van der Waals surface area (Å²) in [5, 5.41) is 0. The zero-order valence-electron chi connectivity index (χ0n) is 13.8. The number of hydrogen-bond acceptors (Lipinski definition) is 4. The van der Waals surface area contributed by atoms with Crippen molar-refractivity contribution >= 4 is 18.0 Å². The number of fused-ring (bicyclic) bond motifs is 1. The molecule has 1 aliphatic rings. The standard InChI is InChI=1S/C19H24O4/c1-3-23-18(20)8-6-4-5-7-14-9-11-16-15(13-14)10-12-17(16)19(21)22-2/h9-13,17H,3-8H2,1-2H3. The van der Waals surface area contributed by atoms with Gasteiger partial charge in [-0.1, -0.05) is 36.8 Å². The van der Waals surface area contributed by atoms with Crippen molar-refractivity contribution in [3.63, 3.8) is 0 Å². The zero-order valence-corrected chi connectivity index (χ0v) is 13.8. The second-order valence-electron chi connectivity index (χ2n) is 5.69. The van der Waals surface area contributed by atoms with Crippen LogP contribution in [0.25, 0.3) is 6.08 Å². The summed E-state index contributed by atoms with van der Waals surface area (Å²) in [5.74, 6) is -0.593. The summed E-state index contributed by atoms with van der Waals surface area (Å²) in [5.41, 5.74) is 3.38. The highest BCUT2D eigenvalue weighted by molar-refractivity contribution is 5.86. The zero-order chi connectivity index (χ0) is 16.7. The second-order valence-corrected chi connectivity index (χ2v) is 5.69. The molecule has 0 spiro atoms. The average Bonchev–Trinajstić information content (AvgIpc) is 2.97. The SMILES string of the molecule is CCOC(=O)CCCCCc1ccc2c(c1)C=CC2C(=O)OC. The van der Waals surface area contributed by atoms with E-state index in [1.807, 2.05) is 25.1 Å². The summed E-state index contributed by atoms with van der Waals surface area (Å²) in [7, 11) is 1.42. The van der Waals surface area contributed by atoms with E-state index in [-0.39, 0.29) is 17.9 Å². The molecule has 0 bridgehead atoms. The molecule has 4 nitrogen and oxygen atoms in total. The molecule has 23 heavy (non-hydrogen) atoms. The first kappa shape index (κ1) is 17.3. The van der Waals surface area contributed by atoms with Crippen molar-refractivity contribution in [2.24, 2.45) is 0 Å². The van der Waals surface area contributed by atoms with Gasteiger partial charge in [0.05, 0.1) is 13.7 Å². The molecule has 1 unspecified atom stereocenters. The van der Waals surface area contributed by atoms with Gasteiger partial charge in [-0.25, -0.2) is 0 Å². The van der Waals surface area contributed by atoms with Gasteiger partial charge in [-0.05, 0) is 42.9 Å². The fourth-order valence-corrected chi connectivity index (χ4v) is 2.85. The molecule has 0 amide bonds. The molecule has 0 saturated heterocycles. The molecule has 124 valence electrons. The summed E-state index contributed by atoms with van der Waals surface area (Å²) < 4.78 is 9.73. The minimum absolute atomic E-state index is 0.107. The third kappa shape index (κ3) is 4.68. The van der Waals surface area contributed by atoms with Gasteiger partial charge in [0.1, 0.15) is 5.92 Å². The van der Waals surface area contributed by atoms with Crippen LogP contribution < -0.4 is 0 Å². The monoisotopic (exact) mass is 316 g/mol. The number of hydrogen-bond donors (Lipinski definition) is 0. The van der Waals surface area contributed by atoms with Gasteiger partial charge in [0.2, 0.25) is 0 Å². The number of esters is 2. The third-order valence-corrected chi connectivity index (χ3v) is 4.06. The molecule has 0 N–H and O–H groups in total. The molecule has 1 aliphatic carbocycles. The van der Waals surface area contributed by atoms with Crippen LogP contribution in [0, 0.1) is 0 Å². The van der Waals surface area contributed by atoms with Crippen molar-refractivity contribution in [3.8, 4) is 0 Å². The summed E-state index contributed by atoms with van der Waals surface area (Å²) in [6.07, 6.45) is 8.28. The molecular weight excluding hydrogens is 292 g/mol. The van der Waals surface area contributed by atoms with Crippen molar-refractivity contribution in [2.45, 2.75) is 44.9 Å². The molecule has 1 atom stereocenters. The van der Waals surface area contributed by atoms with Crippen LogP contribution in [-0.4, -0.2) is 25.7 Å². The highest BCUT2D eigenvalue weighted by atomic mass is 16.5. The summed E-state index contributed by atoms with van der Waals surface area (Å²) in [6, 6.07) is 6.23. The first-order chi connectivity index (χ1) is 11.2. The lowest BCUT2D eigenvalue weighted by atomic mass is 9.97. The molecule has 0 fully saturated rings. The Hall–Kier alpha value is -2.10. The molecule has 0 aromatic heterocycles. The summed E-state index contributed by atoms with van der Waals surface area (Å²) >= 11 is 0.